The van der Waals surface area contributed by atoms with Gasteiger partial charge < -0.3 is 10.6 Å². The van der Waals surface area contributed by atoms with Crippen LogP contribution < -0.4 is 10.6 Å². The Balaban J connectivity index is 1.83. The van der Waals surface area contributed by atoms with Crippen LogP contribution in [0, 0.1) is 19.8 Å². The molecule has 0 radical (unpaired) electrons. The lowest BCUT2D eigenvalue weighted by atomic mass is 10.0. The molecule has 2 nitrogen and oxygen atoms in total. The molecular formula is C13H20N2. The van der Waals surface area contributed by atoms with Crippen LogP contribution in [0.25, 0.3) is 0 Å². The molecule has 1 heterocycles. The van der Waals surface area contributed by atoms with E-state index in [0.29, 0.717) is 0 Å². The van der Waals surface area contributed by atoms with Crippen molar-refractivity contribution in [3.8, 4) is 0 Å². The van der Waals surface area contributed by atoms with Gasteiger partial charge in [0.15, 0.2) is 0 Å². The van der Waals surface area contributed by atoms with E-state index in [4.69, 9.17) is 0 Å². The van der Waals surface area contributed by atoms with Crippen molar-refractivity contribution in [3.63, 3.8) is 0 Å². The zero-order valence-corrected chi connectivity index (χ0v) is 9.64. The highest BCUT2D eigenvalue weighted by atomic mass is 15.0. The van der Waals surface area contributed by atoms with Crippen molar-refractivity contribution in [2.24, 2.45) is 5.92 Å². The fourth-order valence-corrected chi connectivity index (χ4v) is 1.89. The third-order valence-electron chi connectivity index (χ3n) is 3.12. The maximum Gasteiger partial charge on any atom is 0.0208 e. The number of rotatable bonds is 4. The number of aryl methyl sites for hydroxylation is 2. The van der Waals surface area contributed by atoms with Crippen molar-refractivity contribution >= 4 is 0 Å². The van der Waals surface area contributed by atoms with E-state index in [1.807, 2.05) is 0 Å². The first-order valence-corrected chi connectivity index (χ1v) is 5.73. The van der Waals surface area contributed by atoms with Gasteiger partial charge in [0.1, 0.15) is 0 Å². The van der Waals surface area contributed by atoms with Crippen LogP contribution in [-0.2, 0) is 6.54 Å². The molecule has 0 unspecified atom stereocenters. The Morgan fingerprint density at radius 1 is 1.33 bits per heavy atom. The number of hydrogen-bond donors (Lipinski definition) is 2. The van der Waals surface area contributed by atoms with E-state index in [1.165, 1.54) is 29.8 Å². The van der Waals surface area contributed by atoms with Crippen LogP contribution in [0.3, 0.4) is 0 Å². The second-order valence-corrected chi connectivity index (χ2v) is 4.59. The van der Waals surface area contributed by atoms with E-state index >= 15 is 0 Å². The summed E-state index contributed by atoms with van der Waals surface area (Å²) in [6, 6.07) is 6.66. The summed E-state index contributed by atoms with van der Waals surface area (Å²) in [5.74, 6) is 0.843. The minimum Gasteiger partial charge on any atom is -0.316 e. The predicted molar refractivity (Wildman–Crippen MR) is 64.0 cm³/mol. The summed E-state index contributed by atoms with van der Waals surface area (Å²) >= 11 is 0. The molecule has 1 saturated heterocycles. The first-order valence-electron chi connectivity index (χ1n) is 5.73. The molecule has 1 fully saturated rings. The molecule has 2 N–H and O–H groups in total. The molecule has 0 amide bonds. The van der Waals surface area contributed by atoms with Gasteiger partial charge in [-0.1, -0.05) is 23.8 Å². The highest BCUT2D eigenvalue weighted by Gasteiger charge is 2.15. The summed E-state index contributed by atoms with van der Waals surface area (Å²) in [5.41, 5.74) is 4.17. The van der Waals surface area contributed by atoms with Crippen molar-refractivity contribution in [1.29, 1.82) is 0 Å². The largest absolute Gasteiger partial charge is 0.316 e. The maximum atomic E-state index is 3.53. The highest BCUT2D eigenvalue weighted by molar-refractivity contribution is 5.30. The Morgan fingerprint density at radius 3 is 2.80 bits per heavy atom. The molecule has 0 aromatic heterocycles. The standard InChI is InChI=1S/C13H20N2/c1-10-3-4-11(2)13(5-10)9-15-8-12-6-14-7-12/h3-5,12,14-15H,6-9H2,1-2H3. The minimum absolute atomic E-state index is 0.843. The van der Waals surface area contributed by atoms with E-state index in [0.717, 1.165) is 19.0 Å². The first kappa shape index (κ1) is 10.7. The molecular weight excluding hydrogens is 184 g/mol. The van der Waals surface area contributed by atoms with Crippen LogP contribution >= 0.6 is 0 Å². The first-order chi connectivity index (χ1) is 7.25. The fourth-order valence-electron chi connectivity index (χ4n) is 1.89. The van der Waals surface area contributed by atoms with Gasteiger partial charge in [0, 0.05) is 26.2 Å². The predicted octanol–water partition coefficient (Wildman–Crippen LogP) is 1.61. The summed E-state index contributed by atoms with van der Waals surface area (Å²) in [6.45, 7) is 8.84. The number of nitrogens with one attached hydrogen (secondary N) is 2. The average molecular weight is 204 g/mol. The molecule has 15 heavy (non-hydrogen) atoms. The van der Waals surface area contributed by atoms with Crippen molar-refractivity contribution in [2.75, 3.05) is 19.6 Å². The van der Waals surface area contributed by atoms with Crippen LogP contribution in [0.2, 0.25) is 0 Å². The summed E-state index contributed by atoms with van der Waals surface area (Å²) in [6.07, 6.45) is 0. The quantitative estimate of drug-likeness (QED) is 0.778. The molecule has 0 saturated carbocycles. The zero-order valence-electron chi connectivity index (χ0n) is 9.64. The molecule has 1 aliphatic heterocycles. The molecule has 2 heteroatoms. The van der Waals surface area contributed by atoms with Crippen LogP contribution in [0.15, 0.2) is 18.2 Å². The van der Waals surface area contributed by atoms with Crippen molar-refractivity contribution in [1.82, 2.24) is 10.6 Å². The monoisotopic (exact) mass is 204 g/mol. The van der Waals surface area contributed by atoms with Gasteiger partial charge in [-0.2, -0.15) is 0 Å². The molecule has 1 aliphatic rings. The maximum absolute atomic E-state index is 3.53. The fraction of sp³-hybridized carbons (Fsp3) is 0.538. The van der Waals surface area contributed by atoms with Crippen LogP contribution in [0.4, 0.5) is 0 Å². The van der Waals surface area contributed by atoms with Gasteiger partial charge in [-0.3, -0.25) is 0 Å². The molecule has 1 aromatic carbocycles. The molecule has 0 spiro atoms. The second-order valence-electron chi connectivity index (χ2n) is 4.59. The summed E-state index contributed by atoms with van der Waals surface area (Å²) in [5, 5.41) is 6.82. The summed E-state index contributed by atoms with van der Waals surface area (Å²) < 4.78 is 0. The van der Waals surface area contributed by atoms with Crippen molar-refractivity contribution in [2.45, 2.75) is 20.4 Å². The Bertz CT molecular complexity index is 329. The third kappa shape index (κ3) is 2.80. The lowest BCUT2D eigenvalue weighted by Crippen LogP contribution is -2.47. The lowest BCUT2D eigenvalue weighted by Gasteiger charge is -2.27. The van der Waals surface area contributed by atoms with Crippen LogP contribution in [-0.4, -0.2) is 19.6 Å². The molecule has 2 rings (SSSR count). The Morgan fingerprint density at radius 2 is 2.13 bits per heavy atom. The van der Waals surface area contributed by atoms with E-state index in [2.05, 4.69) is 42.7 Å². The zero-order chi connectivity index (χ0) is 10.7. The smallest absolute Gasteiger partial charge is 0.0208 e. The summed E-state index contributed by atoms with van der Waals surface area (Å²) in [4.78, 5) is 0. The Kier molecular flexibility index (Phi) is 3.39. The number of benzene rings is 1. The normalized spacial score (nSPS) is 16.4. The average Bonchev–Trinajstić information content (AvgIpc) is 2.15. The van der Waals surface area contributed by atoms with Gasteiger partial charge in [-0.15, -0.1) is 0 Å². The van der Waals surface area contributed by atoms with Crippen LogP contribution in [0.5, 0.6) is 0 Å². The molecule has 0 aliphatic carbocycles. The topological polar surface area (TPSA) is 24.1 Å². The molecule has 1 aromatic rings. The Labute approximate surface area is 92.1 Å². The molecule has 0 atom stereocenters. The van der Waals surface area contributed by atoms with Crippen LogP contribution in [0.1, 0.15) is 16.7 Å². The molecule has 82 valence electrons. The highest BCUT2D eigenvalue weighted by Crippen LogP contribution is 2.10. The van der Waals surface area contributed by atoms with Gasteiger partial charge in [0.25, 0.3) is 0 Å². The van der Waals surface area contributed by atoms with Gasteiger partial charge >= 0.3 is 0 Å². The second kappa shape index (κ2) is 4.77. The van der Waals surface area contributed by atoms with Gasteiger partial charge in [0.05, 0.1) is 0 Å². The summed E-state index contributed by atoms with van der Waals surface area (Å²) in [7, 11) is 0. The van der Waals surface area contributed by atoms with Gasteiger partial charge in [0.2, 0.25) is 0 Å². The lowest BCUT2D eigenvalue weighted by molar-refractivity contribution is 0.331. The molecule has 0 bridgehead atoms. The number of hydrogen-bond acceptors (Lipinski definition) is 2. The SMILES string of the molecule is Cc1ccc(C)c(CNCC2CNC2)c1. The van der Waals surface area contributed by atoms with E-state index in [1.54, 1.807) is 0 Å². The van der Waals surface area contributed by atoms with Crippen molar-refractivity contribution in [3.05, 3.63) is 34.9 Å². The third-order valence-corrected chi connectivity index (χ3v) is 3.12. The van der Waals surface area contributed by atoms with Gasteiger partial charge in [-0.25, -0.2) is 0 Å². The minimum atomic E-state index is 0.843. The van der Waals surface area contributed by atoms with E-state index in [-0.39, 0.29) is 0 Å². The van der Waals surface area contributed by atoms with Gasteiger partial charge in [-0.05, 0) is 30.9 Å². The van der Waals surface area contributed by atoms with Crippen molar-refractivity contribution < 1.29 is 0 Å². The van der Waals surface area contributed by atoms with E-state index < -0.39 is 0 Å². The van der Waals surface area contributed by atoms with E-state index in [9.17, 15) is 0 Å². The Hall–Kier alpha value is -0.860.